The first kappa shape index (κ1) is 20.6. The number of halogens is 2. The van der Waals surface area contributed by atoms with Gasteiger partial charge in [0, 0.05) is 32.1 Å². The Morgan fingerprint density at radius 1 is 0.862 bits per heavy atom. The normalized spacial score (nSPS) is 21.4. The van der Waals surface area contributed by atoms with Gasteiger partial charge in [-0.3, -0.25) is 24.2 Å². The van der Waals surface area contributed by atoms with Crippen LogP contribution in [0.25, 0.3) is 0 Å². The van der Waals surface area contributed by atoms with E-state index >= 15 is 0 Å². The summed E-state index contributed by atoms with van der Waals surface area (Å²) in [6.45, 7) is 3.36. The van der Waals surface area contributed by atoms with Crippen molar-refractivity contribution in [2.75, 3.05) is 32.8 Å². The van der Waals surface area contributed by atoms with Crippen LogP contribution in [0.2, 0.25) is 10.0 Å². The van der Waals surface area contributed by atoms with Crippen molar-refractivity contribution in [3.8, 4) is 0 Å². The summed E-state index contributed by atoms with van der Waals surface area (Å²) in [5.74, 6) is -0.363. The Labute approximate surface area is 180 Å². The van der Waals surface area contributed by atoms with Crippen molar-refractivity contribution in [1.82, 2.24) is 14.7 Å². The van der Waals surface area contributed by atoms with Crippen LogP contribution in [0.4, 0.5) is 0 Å². The van der Waals surface area contributed by atoms with Gasteiger partial charge in [0.2, 0.25) is 5.91 Å². The van der Waals surface area contributed by atoms with Crippen molar-refractivity contribution in [2.45, 2.75) is 38.5 Å². The largest absolute Gasteiger partial charge is 0.342 e. The number of fused-ring (bicyclic) bond motifs is 1. The Balaban J connectivity index is 1.35. The number of benzene rings is 1. The van der Waals surface area contributed by atoms with Gasteiger partial charge in [0.15, 0.2) is 0 Å². The van der Waals surface area contributed by atoms with E-state index in [1.165, 1.54) is 29.9 Å². The van der Waals surface area contributed by atoms with Crippen molar-refractivity contribution >= 4 is 40.9 Å². The molecule has 0 unspecified atom stereocenters. The molecule has 8 heteroatoms. The van der Waals surface area contributed by atoms with Crippen molar-refractivity contribution in [3.63, 3.8) is 0 Å². The molecule has 1 aromatic carbocycles. The molecule has 2 fully saturated rings. The molecule has 3 aliphatic rings. The summed E-state index contributed by atoms with van der Waals surface area (Å²) < 4.78 is 0. The van der Waals surface area contributed by atoms with Gasteiger partial charge >= 0.3 is 0 Å². The van der Waals surface area contributed by atoms with Gasteiger partial charge in [-0.1, -0.05) is 36.0 Å². The van der Waals surface area contributed by atoms with Crippen LogP contribution in [0.1, 0.15) is 59.2 Å². The van der Waals surface area contributed by atoms with Gasteiger partial charge in [0.05, 0.1) is 27.8 Å². The average Bonchev–Trinajstić information content (AvgIpc) is 2.93. The summed E-state index contributed by atoms with van der Waals surface area (Å²) in [5.41, 5.74) is 0.603. The van der Waals surface area contributed by atoms with E-state index in [1.807, 2.05) is 4.90 Å². The fourth-order valence-electron chi connectivity index (χ4n) is 4.48. The maximum absolute atomic E-state index is 12.8. The van der Waals surface area contributed by atoms with Crippen LogP contribution < -0.4 is 0 Å². The number of carbonyl (C=O) groups excluding carboxylic acids is 3. The van der Waals surface area contributed by atoms with Crippen LogP contribution in [0.15, 0.2) is 12.1 Å². The first-order valence-corrected chi connectivity index (χ1v) is 11.1. The second kappa shape index (κ2) is 8.62. The van der Waals surface area contributed by atoms with Crippen molar-refractivity contribution in [3.05, 3.63) is 33.3 Å². The van der Waals surface area contributed by atoms with E-state index in [0.717, 1.165) is 38.8 Å². The number of amides is 3. The lowest BCUT2D eigenvalue weighted by molar-refractivity contribution is -0.137. The lowest BCUT2D eigenvalue weighted by Gasteiger charge is -2.35. The summed E-state index contributed by atoms with van der Waals surface area (Å²) >= 11 is 12.0. The lowest BCUT2D eigenvalue weighted by Crippen LogP contribution is -2.47. The lowest BCUT2D eigenvalue weighted by atomic mass is 9.95. The summed E-state index contributed by atoms with van der Waals surface area (Å²) in [6, 6.07) is 2.93. The van der Waals surface area contributed by atoms with Gasteiger partial charge in [-0.2, -0.15) is 0 Å². The number of hydrogen-bond acceptors (Lipinski definition) is 4. The van der Waals surface area contributed by atoms with Crippen LogP contribution in [0.3, 0.4) is 0 Å². The molecule has 0 aromatic heterocycles. The van der Waals surface area contributed by atoms with E-state index in [4.69, 9.17) is 23.2 Å². The van der Waals surface area contributed by atoms with Crippen LogP contribution in [-0.4, -0.2) is 65.3 Å². The molecule has 3 aliphatic heterocycles. The number of rotatable bonds is 3. The molecule has 3 amide bonds. The quantitative estimate of drug-likeness (QED) is 0.676. The number of piperidine rings is 1. The van der Waals surface area contributed by atoms with Crippen molar-refractivity contribution in [2.24, 2.45) is 5.92 Å². The highest BCUT2D eigenvalue weighted by Gasteiger charge is 2.38. The van der Waals surface area contributed by atoms with Crippen LogP contribution >= 0.6 is 23.2 Å². The second-order valence-corrected chi connectivity index (χ2v) is 8.94. The second-order valence-electron chi connectivity index (χ2n) is 8.12. The fraction of sp³-hybridized carbons (Fsp3) is 0.571. The number of nitrogens with zero attached hydrogens (tertiary/aromatic N) is 3. The Hall–Kier alpha value is -1.63. The number of likely N-dealkylation sites (tertiary alicyclic amines) is 2. The van der Waals surface area contributed by atoms with E-state index in [1.54, 1.807) is 0 Å². The average molecular weight is 438 g/mol. The number of hydrogen-bond donors (Lipinski definition) is 0. The highest BCUT2D eigenvalue weighted by molar-refractivity contribution is 6.43. The molecule has 0 saturated carbocycles. The molecule has 0 radical (unpaired) electrons. The van der Waals surface area contributed by atoms with E-state index in [2.05, 4.69) is 4.90 Å². The van der Waals surface area contributed by atoms with Gasteiger partial charge < -0.3 is 4.90 Å². The molecule has 0 bridgehead atoms. The molecule has 2 saturated heterocycles. The zero-order valence-electron chi connectivity index (χ0n) is 16.3. The number of carbonyl (C=O) groups is 3. The summed E-state index contributed by atoms with van der Waals surface area (Å²) in [6.07, 6.45) is 6.13. The predicted molar refractivity (Wildman–Crippen MR) is 111 cm³/mol. The molecule has 3 heterocycles. The van der Waals surface area contributed by atoms with E-state index < -0.39 is 0 Å². The van der Waals surface area contributed by atoms with E-state index in [9.17, 15) is 14.4 Å². The Kier molecular flexibility index (Phi) is 6.13. The Bertz CT molecular complexity index is 788. The van der Waals surface area contributed by atoms with Crippen molar-refractivity contribution < 1.29 is 14.4 Å². The monoisotopic (exact) mass is 437 g/mol. The van der Waals surface area contributed by atoms with Gasteiger partial charge in [-0.05, 0) is 37.8 Å². The van der Waals surface area contributed by atoms with Crippen LogP contribution in [-0.2, 0) is 4.79 Å². The van der Waals surface area contributed by atoms with E-state index in [0.29, 0.717) is 24.2 Å². The molecule has 156 valence electrons. The summed E-state index contributed by atoms with van der Waals surface area (Å²) in [5, 5.41) is 0.530. The number of imide groups is 1. The summed E-state index contributed by atoms with van der Waals surface area (Å²) in [7, 11) is 0. The standard InChI is InChI=1S/C21H25Cl2N3O3/c22-17-11-15-16(12-18(17)23)21(29)26(20(15)28)13-24-9-5-14(6-10-24)19(27)25-7-3-1-2-4-8-25/h11-12,14H,1-10,13H2. The van der Waals surface area contributed by atoms with Crippen LogP contribution in [0, 0.1) is 5.92 Å². The SMILES string of the molecule is O=C(C1CCN(CN2C(=O)c3cc(Cl)c(Cl)cc3C2=O)CC1)N1CCCCCC1. The first-order chi connectivity index (χ1) is 14.0. The third-order valence-corrected chi connectivity index (χ3v) is 6.93. The Morgan fingerprint density at radius 2 is 1.38 bits per heavy atom. The minimum Gasteiger partial charge on any atom is -0.342 e. The maximum Gasteiger partial charge on any atom is 0.262 e. The van der Waals surface area contributed by atoms with E-state index in [-0.39, 0.29) is 40.4 Å². The van der Waals surface area contributed by atoms with Gasteiger partial charge in [-0.15, -0.1) is 0 Å². The van der Waals surface area contributed by atoms with Gasteiger partial charge in [0.25, 0.3) is 11.8 Å². The third-order valence-electron chi connectivity index (χ3n) is 6.21. The van der Waals surface area contributed by atoms with Gasteiger partial charge in [0.1, 0.15) is 0 Å². The minimum absolute atomic E-state index is 0.0455. The molecule has 0 aliphatic carbocycles. The molecule has 4 rings (SSSR count). The summed E-state index contributed by atoms with van der Waals surface area (Å²) in [4.78, 5) is 43.5. The molecule has 6 nitrogen and oxygen atoms in total. The maximum atomic E-state index is 12.8. The first-order valence-electron chi connectivity index (χ1n) is 10.3. The zero-order chi connectivity index (χ0) is 20.5. The smallest absolute Gasteiger partial charge is 0.262 e. The highest BCUT2D eigenvalue weighted by atomic mass is 35.5. The van der Waals surface area contributed by atoms with Crippen molar-refractivity contribution in [1.29, 1.82) is 0 Å². The fourth-order valence-corrected chi connectivity index (χ4v) is 4.81. The minimum atomic E-state index is -0.341. The molecular weight excluding hydrogens is 413 g/mol. The molecule has 0 spiro atoms. The predicted octanol–water partition coefficient (Wildman–Crippen LogP) is 3.66. The molecule has 0 N–H and O–H groups in total. The zero-order valence-corrected chi connectivity index (χ0v) is 17.8. The molecule has 0 atom stereocenters. The molecule has 29 heavy (non-hydrogen) atoms. The topological polar surface area (TPSA) is 60.9 Å². The third kappa shape index (κ3) is 4.16. The Morgan fingerprint density at radius 3 is 1.90 bits per heavy atom. The van der Waals surface area contributed by atoms with Crippen LogP contribution in [0.5, 0.6) is 0 Å². The molecular formula is C21H25Cl2N3O3. The molecule has 1 aromatic rings. The van der Waals surface area contributed by atoms with Gasteiger partial charge in [-0.25, -0.2) is 0 Å². The highest BCUT2D eigenvalue weighted by Crippen LogP contribution is 2.32.